The summed E-state index contributed by atoms with van der Waals surface area (Å²) in [5.41, 5.74) is 4.84. The van der Waals surface area contributed by atoms with Crippen molar-refractivity contribution in [2.45, 2.75) is 19.0 Å². The van der Waals surface area contributed by atoms with Crippen molar-refractivity contribution >= 4 is 35.0 Å². The maximum absolute atomic E-state index is 12.5. The van der Waals surface area contributed by atoms with Crippen LogP contribution in [-0.4, -0.2) is 31.4 Å². The number of amides is 1. The van der Waals surface area contributed by atoms with E-state index in [2.05, 4.69) is 20.5 Å². The zero-order chi connectivity index (χ0) is 21.8. The average Bonchev–Trinajstić information content (AvgIpc) is 3.20. The first-order chi connectivity index (χ1) is 15.0. The molecule has 1 N–H and O–H groups in total. The topological polar surface area (TPSA) is 72.7 Å². The third kappa shape index (κ3) is 4.95. The molecule has 31 heavy (non-hydrogen) atoms. The Balaban J connectivity index is 1.57. The van der Waals surface area contributed by atoms with Crippen LogP contribution < -0.4 is 5.32 Å². The van der Waals surface area contributed by atoms with Gasteiger partial charge in [0.15, 0.2) is 11.0 Å². The van der Waals surface area contributed by atoms with Crippen LogP contribution in [0.5, 0.6) is 0 Å². The second-order valence-corrected chi connectivity index (χ2v) is 8.37. The van der Waals surface area contributed by atoms with Crippen molar-refractivity contribution in [2.24, 2.45) is 0 Å². The highest BCUT2D eigenvalue weighted by Gasteiger charge is 2.17. The molecule has 0 atom stereocenters. The van der Waals surface area contributed by atoms with Gasteiger partial charge in [-0.05, 0) is 73.5 Å². The molecule has 0 radical (unpaired) electrons. The fraction of sp³-hybridized carbons (Fsp3) is 0.130. The van der Waals surface area contributed by atoms with Gasteiger partial charge in [-0.15, -0.1) is 10.2 Å². The summed E-state index contributed by atoms with van der Waals surface area (Å²) in [4.78, 5) is 16.6. The minimum absolute atomic E-state index is 0.107. The van der Waals surface area contributed by atoms with Crippen molar-refractivity contribution in [1.82, 2.24) is 19.7 Å². The van der Waals surface area contributed by atoms with Crippen LogP contribution in [0.2, 0.25) is 5.02 Å². The van der Waals surface area contributed by atoms with Gasteiger partial charge in [0, 0.05) is 34.4 Å². The lowest BCUT2D eigenvalue weighted by molar-refractivity contribution is -0.113. The van der Waals surface area contributed by atoms with E-state index in [1.54, 1.807) is 12.4 Å². The smallest absolute Gasteiger partial charge is 0.234 e. The zero-order valence-electron chi connectivity index (χ0n) is 17.0. The number of anilines is 1. The predicted molar refractivity (Wildman–Crippen MR) is 125 cm³/mol. The van der Waals surface area contributed by atoms with Crippen molar-refractivity contribution in [1.29, 1.82) is 0 Å². The first kappa shape index (κ1) is 21.1. The summed E-state index contributed by atoms with van der Waals surface area (Å²) < 4.78 is 1.92. The molecule has 2 heterocycles. The van der Waals surface area contributed by atoms with Gasteiger partial charge < -0.3 is 5.32 Å². The third-order valence-electron chi connectivity index (χ3n) is 4.78. The number of nitrogens with one attached hydrogen (secondary N) is 1. The van der Waals surface area contributed by atoms with Gasteiger partial charge in [0.1, 0.15) is 0 Å². The van der Waals surface area contributed by atoms with Gasteiger partial charge in [-0.2, -0.15) is 0 Å². The van der Waals surface area contributed by atoms with Gasteiger partial charge in [0.2, 0.25) is 5.91 Å². The van der Waals surface area contributed by atoms with Crippen LogP contribution in [0, 0.1) is 13.8 Å². The molecular weight excluding hydrogens is 430 g/mol. The number of carbonyl (C=O) groups is 1. The van der Waals surface area contributed by atoms with Crippen LogP contribution in [0.3, 0.4) is 0 Å². The van der Waals surface area contributed by atoms with E-state index in [-0.39, 0.29) is 11.7 Å². The van der Waals surface area contributed by atoms with Crippen molar-refractivity contribution < 1.29 is 4.79 Å². The molecule has 6 nitrogen and oxygen atoms in total. The predicted octanol–water partition coefficient (Wildman–Crippen LogP) is 5.33. The molecule has 0 aliphatic carbocycles. The Labute approximate surface area is 189 Å². The van der Waals surface area contributed by atoms with Crippen LogP contribution in [0.4, 0.5) is 5.69 Å². The Bertz CT molecular complexity index is 1210. The molecule has 0 aliphatic heterocycles. The molecular formula is C23H20ClN5OS. The maximum Gasteiger partial charge on any atom is 0.234 e. The second-order valence-electron chi connectivity index (χ2n) is 6.99. The van der Waals surface area contributed by atoms with Crippen molar-refractivity contribution in [3.63, 3.8) is 0 Å². The Morgan fingerprint density at radius 1 is 1.00 bits per heavy atom. The summed E-state index contributed by atoms with van der Waals surface area (Å²) in [6, 6.07) is 17.0. The molecule has 0 aliphatic rings. The van der Waals surface area contributed by atoms with E-state index in [0.717, 1.165) is 22.5 Å². The Hall–Kier alpha value is -3.16. The van der Waals surface area contributed by atoms with E-state index in [9.17, 15) is 4.79 Å². The molecule has 0 saturated heterocycles. The highest BCUT2D eigenvalue weighted by atomic mass is 35.5. The monoisotopic (exact) mass is 449 g/mol. The molecule has 1 amide bonds. The zero-order valence-corrected chi connectivity index (χ0v) is 18.6. The summed E-state index contributed by atoms with van der Waals surface area (Å²) >= 11 is 7.39. The highest BCUT2D eigenvalue weighted by Crippen LogP contribution is 2.28. The standard InChI is InChI=1S/C23H20ClN5OS/c1-15-3-6-19(13-16(15)2)26-21(30)14-31-23-28-27-22(17-9-11-25-12-10-17)29(23)20-7-4-18(24)5-8-20/h3-13H,14H2,1-2H3,(H,26,30). The minimum Gasteiger partial charge on any atom is -0.325 e. The fourth-order valence-electron chi connectivity index (χ4n) is 3.02. The fourth-order valence-corrected chi connectivity index (χ4v) is 3.90. The molecule has 0 spiro atoms. The van der Waals surface area contributed by atoms with Crippen LogP contribution in [0.25, 0.3) is 17.1 Å². The van der Waals surface area contributed by atoms with E-state index < -0.39 is 0 Å². The lowest BCUT2D eigenvalue weighted by Crippen LogP contribution is -2.14. The first-order valence-corrected chi connectivity index (χ1v) is 11.0. The number of aryl methyl sites for hydroxylation is 2. The van der Waals surface area contributed by atoms with E-state index in [1.165, 1.54) is 17.3 Å². The summed E-state index contributed by atoms with van der Waals surface area (Å²) in [5.74, 6) is 0.765. The van der Waals surface area contributed by atoms with Gasteiger partial charge in [-0.1, -0.05) is 29.4 Å². The van der Waals surface area contributed by atoms with Crippen LogP contribution >= 0.6 is 23.4 Å². The van der Waals surface area contributed by atoms with E-state index in [1.807, 2.05) is 73.0 Å². The number of benzene rings is 2. The summed E-state index contributed by atoms with van der Waals surface area (Å²) in [7, 11) is 0. The van der Waals surface area contributed by atoms with E-state index in [0.29, 0.717) is 16.0 Å². The minimum atomic E-state index is -0.107. The van der Waals surface area contributed by atoms with E-state index >= 15 is 0 Å². The highest BCUT2D eigenvalue weighted by molar-refractivity contribution is 7.99. The Kier molecular flexibility index (Phi) is 6.34. The Morgan fingerprint density at radius 2 is 1.74 bits per heavy atom. The van der Waals surface area contributed by atoms with Crippen LogP contribution in [0.1, 0.15) is 11.1 Å². The molecule has 0 fully saturated rings. The molecule has 2 aromatic heterocycles. The molecule has 2 aromatic carbocycles. The SMILES string of the molecule is Cc1ccc(NC(=O)CSc2nnc(-c3ccncc3)n2-c2ccc(Cl)cc2)cc1C. The number of thioether (sulfide) groups is 1. The number of pyridine rings is 1. The summed E-state index contributed by atoms with van der Waals surface area (Å²) in [6.07, 6.45) is 3.42. The number of hydrogen-bond acceptors (Lipinski definition) is 5. The number of nitrogens with zero attached hydrogens (tertiary/aromatic N) is 4. The van der Waals surface area contributed by atoms with Gasteiger partial charge in [0.25, 0.3) is 0 Å². The first-order valence-electron chi connectivity index (χ1n) is 9.63. The number of halogens is 1. The van der Waals surface area contributed by atoms with Crippen molar-refractivity contribution in [2.75, 3.05) is 11.1 Å². The number of hydrogen-bond donors (Lipinski definition) is 1. The van der Waals surface area contributed by atoms with E-state index in [4.69, 9.17) is 11.6 Å². The molecule has 0 saturated carbocycles. The van der Waals surface area contributed by atoms with Gasteiger partial charge in [-0.25, -0.2) is 0 Å². The number of aromatic nitrogens is 4. The molecule has 4 rings (SSSR count). The van der Waals surface area contributed by atoms with Crippen LogP contribution in [-0.2, 0) is 4.79 Å². The lowest BCUT2D eigenvalue weighted by Gasteiger charge is -2.11. The molecule has 8 heteroatoms. The Morgan fingerprint density at radius 3 is 2.45 bits per heavy atom. The van der Waals surface area contributed by atoms with Gasteiger partial charge in [-0.3, -0.25) is 14.3 Å². The van der Waals surface area contributed by atoms with Crippen molar-refractivity contribution in [3.05, 3.63) is 83.1 Å². The summed E-state index contributed by atoms with van der Waals surface area (Å²) in [5, 5.41) is 12.9. The second kappa shape index (κ2) is 9.32. The average molecular weight is 450 g/mol. The quantitative estimate of drug-likeness (QED) is 0.403. The third-order valence-corrected chi connectivity index (χ3v) is 5.96. The summed E-state index contributed by atoms with van der Waals surface area (Å²) in [6.45, 7) is 4.07. The number of rotatable bonds is 6. The van der Waals surface area contributed by atoms with Crippen molar-refractivity contribution in [3.8, 4) is 17.1 Å². The molecule has 0 bridgehead atoms. The number of carbonyl (C=O) groups excluding carboxylic acids is 1. The molecule has 4 aromatic rings. The molecule has 0 unspecified atom stereocenters. The maximum atomic E-state index is 12.5. The lowest BCUT2D eigenvalue weighted by atomic mass is 10.1. The van der Waals surface area contributed by atoms with Gasteiger partial charge >= 0.3 is 0 Å². The normalized spacial score (nSPS) is 10.8. The van der Waals surface area contributed by atoms with Gasteiger partial charge in [0.05, 0.1) is 5.75 Å². The molecule has 156 valence electrons. The largest absolute Gasteiger partial charge is 0.325 e. The van der Waals surface area contributed by atoms with Crippen LogP contribution in [0.15, 0.2) is 72.1 Å².